The average Bonchev–Trinajstić information content (AvgIpc) is 2.89. The zero-order valence-corrected chi connectivity index (χ0v) is 12.2. The monoisotopic (exact) mass is 272 g/mol. The van der Waals surface area contributed by atoms with Crippen LogP contribution in [-0.4, -0.2) is 41.5 Å². The first kappa shape index (κ1) is 13.6. The third-order valence-corrected chi connectivity index (χ3v) is 4.32. The normalized spacial score (nSPS) is 17.9. The predicted octanol–water partition coefficient (Wildman–Crippen LogP) is 2.38. The SMILES string of the molecule is CNCCC1CCN(Cc2nc3ccccc3[nH]2)CC1. The number of nitrogens with one attached hydrogen (secondary N) is 2. The van der Waals surface area contributed by atoms with Crippen LogP contribution in [0.4, 0.5) is 0 Å². The summed E-state index contributed by atoms with van der Waals surface area (Å²) < 4.78 is 0. The molecule has 0 atom stereocenters. The Bertz CT molecular complexity index is 507. The predicted molar refractivity (Wildman–Crippen MR) is 82.6 cm³/mol. The maximum Gasteiger partial charge on any atom is 0.121 e. The van der Waals surface area contributed by atoms with Crippen molar-refractivity contribution >= 4 is 11.0 Å². The summed E-state index contributed by atoms with van der Waals surface area (Å²) in [6.45, 7) is 4.50. The third kappa shape index (κ3) is 3.19. The largest absolute Gasteiger partial charge is 0.341 e. The number of hydrogen-bond acceptors (Lipinski definition) is 3. The van der Waals surface area contributed by atoms with E-state index in [9.17, 15) is 0 Å². The molecule has 1 aromatic carbocycles. The summed E-state index contributed by atoms with van der Waals surface area (Å²) in [6, 6.07) is 8.26. The van der Waals surface area contributed by atoms with Crippen LogP contribution in [0.15, 0.2) is 24.3 Å². The molecule has 0 amide bonds. The second kappa shape index (κ2) is 6.37. The summed E-state index contributed by atoms with van der Waals surface area (Å²) >= 11 is 0. The van der Waals surface area contributed by atoms with Crippen LogP contribution in [0.3, 0.4) is 0 Å². The van der Waals surface area contributed by atoms with Crippen molar-refractivity contribution in [1.29, 1.82) is 0 Å². The van der Waals surface area contributed by atoms with Gasteiger partial charge in [-0.15, -0.1) is 0 Å². The van der Waals surface area contributed by atoms with Gasteiger partial charge in [-0.2, -0.15) is 0 Å². The van der Waals surface area contributed by atoms with E-state index in [0.29, 0.717) is 0 Å². The molecule has 20 heavy (non-hydrogen) atoms. The van der Waals surface area contributed by atoms with E-state index in [1.54, 1.807) is 0 Å². The first-order valence-electron chi connectivity index (χ1n) is 7.66. The lowest BCUT2D eigenvalue weighted by Crippen LogP contribution is -2.34. The summed E-state index contributed by atoms with van der Waals surface area (Å²) in [6.07, 6.45) is 3.96. The third-order valence-electron chi connectivity index (χ3n) is 4.32. The summed E-state index contributed by atoms with van der Waals surface area (Å²) in [7, 11) is 2.04. The maximum absolute atomic E-state index is 4.67. The molecule has 0 unspecified atom stereocenters. The molecule has 4 heteroatoms. The van der Waals surface area contributed by atoms with Crippen molar-refractivity contribution < 1.29 is 0 Å². The molecule has 1 aliphatic heterocycles. The van der Waals surface area contributed by atoms with Gasteiger partial charge in [0.2, 0.25) is 0 Å². The first-order chi connectivity index (χ1) is 9.85. The summed E-state index contributed by atoms with van der Waals surface area (Å²) in [5, 5.41) is 3.25. The number of benzene rings is 1. The molecule has 0 aliphatic carbocycles. The quantitative estimate of drug-likeness (QED) is 0.878. The number of likely N-dealkylation sites (tertiary alicyclic amines) is 1. The van der Waals surface area contributed by atoms with Crippen LogP contribution < -0.4 is 5.32 Å². The molecule has 3 rings (SSSR count). The minimum atomic E-state index is 0.898. The van der Waals surface area contributed by atoms with Gasteiger partial charge in [0.25, 0.3) is 0 Å². The van der Waals surface area contributed by atoms with E-state index in [1.807, 2.05) is 13.1 Å². The van der Waals surface area contributed by atoms with Gasteiger partial charge >= 0.3 is 0 Å². The van der Waals surface area contributed by atoms with E-state index in [1.165, 1.54) is 32.4 Å². The minimum Gasteiger partial charge on any atom is -0.341 e. The first-order valence-corrected chi connectivity index (χ1v) is 7.66. The number of imidazole rings is 1. The number of piperidine rings is 1. The van der Waals surface area contributed by atoms with Gasteiger partial charge < -0.3 is 10.3 Å². The van der Waals surface area contributed by atoms with Gasteiger partial charge in [0, 0.05) is 0 Å². The molecule has 0 spiro atoms. The van der Waals surface area contributed by atoms with E-state index in [-0.39, 0.29) is 0 Å². The van der Waals surface area contributed by atoms with Crippen molar-refractivity contribution in [1.82, 2.24) is 20.2 Å². The number of nitrogens with zero attached hydrogens (tertiary/aromatic N) is 2. The van der Waals surface area contributed by atoms with E-state index in [4.69, 9.17) is 0 Å². The highest BCUT2D eigenvalue weighted by Gasteiger charge is 2.19. The van der Waals surface area contributed by atoms with Crippen LogP contribution >= 0.6 is 0 Å². The smallest absolute Gasteiger partial charge is 0.121 e. The van der Waals surface area contributed by atoms with Gasteiger partial charge in [-0.3, -0.25) is 4.90 Å². The van der Waals surface area contributed by atoms with Crippen molar-refractivity contribution in [2.75, 3.05) is 26.7 Å². The van der Waals surface area contributed by atoms with Crippen LogP contribution in [-0.2, 0) is 6.54 Å². The number of fused-ring (bicyclic) bond motifs is 1. The molecule has 1 saturated heterocycles. The number of para-hydroxylation sites is 2. The highest BCUT2D eigenvalue weighted by atomic mass is 15.2. The fourth-order valence-electron chi connectivity index (χ4n) is 3.07. The van der Waals surface area contributed by atoms with Crippen LogP contribution in [0.25, 0.3) is 11.0 Å². The number of aromatic nitrogens is 2. The molecular weight excluding hydrogens is 248 g/mol. The van der Waals surface area contributed by atoms with Gasteiger partial charge in [0.15, 0.2) is 0 Å². The Kier molecular flexibility index (Phi) is 4.33. The van der Waals surface area contributed by atoms with Crippen molar-refractivity contribution in [3.63, 3.8) is 0 Å². The zero-order chi connectivity index (χ0) is 13.8. The Morgan fingerprint density at radius 3 is 2.85 bits per heavy atom. The van der Waals surface area contributed by atoms with Gasteiger partial charge in [0.05, 0.1) is 17.6 Å². The lowest BCUT2D eigenvalue weighted by atomic mass is 9.93. The fourth-order valence-corrected chi connectivity index (χ4v) is 3.07. The van der Waals surface area contributed by atoms with Gasteiger partial charge in [-0.05, 0) is 64.0 Å². The van der Waals surface area contributed by atoms with Gasteiger partial charge in [-0.25, -0.2) is 4.98 Å². The Balaban J connectivity index is 1.54. The summed E-state index contributed by atoms with van der Waals surface area (Å²) in [5.41, 5.74) is 2.22. The lowest BCUT2D eigenvalue weighted by molar-refractivity contribution is 0.169. The number of aromatic amines is 1. The summed E-state index contributed by atoms with van der Waals surface area (Å²) in [5.74, 6) is 1.99. The number of H-pyrrole nitrogens is 1. The molecular formula is C16H24N4. The molecule has 1 aromatic heterocycles. The number of rotatable bonds is 5. The standard InChI is InChI=1S/C16H24N4/c1-17-9-6-13-7-10-20(11-8-13)12-16-18-14-4-2-3-5-15(14)19-16/h2-5,13,17H,6-12H2,1H3,(H,18,19). The average molecular weight is 272 g/mol. The van der Waals surface area contributed by atoms with Crippen molar-refractivity contribution in [2.24, 2.45) is 5.92 Å². The highest BCUT2D eigenvalue weighted by molar-refractivity contribution is 5.74. The Morgan fingerprint density at radius 2 is 2.10 bits per heavy atom. The van der Waals surface area contributed by atoms with Gasteiger partial charge in [-0.1, -0.05) is 12.1 Å². The molecule has 108 valence electrons. The van der Waals surface area contributed by atoms with Crippen LogP contribution in [0, 0.1) is 5.92 Å². The molecule has 4 nitrogen and oxygen atoms in total. The fraction of sp³-hybridized carbons (Fsp3) is 0.562. The van der Waals surface area contributed by atoms with Crippen molar-refractivity contribution in [2.45, 2.75) is 25.8 Å². The van der Waals surface area contributed by atoms with Crippen molar-refractivity contribution in [3.8, 4) is 0 Å². The van der Waals surface area contributed by atoms with Crippen LogP contribution in [0.5, 0.6) is 0 Å². The van der Waals surface area contributed by atoms with Gasteiger partial charge in [0.1, 0.15) is 5.82 Å². The van der Waals surface area contributed by atoms with Crippen molar-refractivity contribution in [3.05, 3.63) is 30.1 Å². The molecule has 0 bridgehead atoms. The molecule has 0 radical (unpaired) electrons. The molecule has 1 aliphatic rings. The van der Waals surface area contributed by atoms with Crippen LogP contribution in [0.1, 0.15) is 25.1 Å². The Morgan fingerprint density at radius 1 is 1.30 bits per heavy atom. The second-order valence-electron chi connectivity index (χ2n) is 5.81. The second-order valence-corrected chi connectivity index (χ2v) is 5.81. The molecule has 2 N–H and O–H groups in total. The molecule has 2 heterocycles. The van der Waals surface area contributed by atoms with E-state index in [0.717, 1.165) is 35.9 Å². The Labute approximate surface area is 120 Å². The molecule has 2 aromatic rings. The summed E-state index contributed by atoms with van der Waals surface area (Å²) in [4.78, 5) is 10.6. The zero-order valence-electron chi connectivity index (χ0n) is 12.2. The topological polar surface area (TPSA) is 44.0 Å². The van der Waals surface area contributed by atoms with Crippen LogP contribution in [0.2, 0.25) is 0 Å². The number of hydrogen-bond donors (Lipinski definition) is 2. The highest BCUT2D eigenvalue weighted by Crippen LogP contribution is 2.21. The molecule has 0 saturated carbocycles. The van der Waals surface area contributed by atoms with E-state index < -0.39 is 0 Å². The van der Waals surface area contributed by atoms with E-state index in [2.05, 4.69) is 38.4 Å². The lowest BCUT2D eigenvalue weighted by Gasteiger charge is -2.31. The van der Waals surface area contributed by atoms with E-state index >= 15 is 0 Å². The minimum absolute atomic E-state index is 0.898. The molecule has 1 fully saturated rings. The maximum atomic E-state index is 4.67. The Hall–Kier alpha value is -1.39.